The van der Waals surface area contributed by atoms with Crippen LogP contribution in [-0.4, -0.2) is 60.6 Å². The van der Waals surface area contributed by atoms with Crippen molar-refractivity contribution < 1.29 is 9.90 Å². The minimum absolute atomic E-state index is 0.271. The van der Waals surface area contributed by atoms with Crippen LogP contribution in [0, 0.1) is 5.92 Å². The van der Waals surface area contributed by atoms with Crippen molar-refractivity contribution in [3.8, 4) is 0 Å². The molecule has 0 spiro atoms. The number of rotatable bonds is 40. The summed E-state index contributed by atoms with van der Waals surface area (Å²) < 4.78 is 0. The number of aliphatic hydroxyl groups is 1. The second-order valence-electron chi connectivity index (χ2n) is 15.6. The third-order valence-corrected chi connectivity index (χ3v) is 10.8. The van der Waals surface area contributed by atoms with Crippen molar-refractivity contribution >= 4 is 5.91 Å². The van der Waals surface area contributed by atoms with E-state index in [-0.39, 0.29) is 6.61 Å². The van der Waals surface area contributed by atoms with Gasteiger partial charge in [-0.05, 0) is 44.7 Å². The van der Waals surface area contributed by atoms with Gasteiger partial charge in [0, 0.05) is 26.6 Å². The van der Waals surface area contributed by atoms with E-state index in [0.29, 0.717) is 12.3 Å². The summed E-state index contributed by atoms with van der Waals surface area (Å²) >= 11 is 0. The van der Waals surface area contributed by atoms with E-state index in [2.05, 4.69) is 25.7 Å². The fourth-order valence-corrected chi connectivity index (χ4v) is 7.40. The molecule has 0 heterocycles. The number of nitrogens with zero attached hydrogens (tertiary/aromatic N) is 2. The molecule has 0 atom stereocenters. The van der Waals surface area contributed by atoms with Gasteiger partial charge in [-0.2, -0.15) is 0 Å². The zero-order valence-corrected chi connectivity index (χ0v) is 33.7. The van der Waals surface area contributed by atoms with E-state index in [4.69, 9.17) is 0 Å². The maximum absolute atomic E-state index is 12.5. The van der Waals surface area contributed by atoms with Crippen molar-refractivity contribution in [3.63, 3.8) is 0 Å². The van der Waals surface area contributed by atoms with E-state index in [1.165, 1.54) is 186 Å². The van der Waals surface area contributed by atoms with Gasteiger partial charge in [0.2, 0.25) is 5.91 Å². The summed E-state index contributed by atoms with van der Waals surface area (Å²) in [6.07, 6.45) is 44.1. The first-order valence-corrected chi connectivity index (χ1v) is 22.2. The number of unbranched alkanes of at least 4 members (excludes halogenated alkanes) is 24. The molecule has 0 aromatic rings. The van der Waals surface area contributed by atoms with E-state index in [1.54, 1.807) is 0 Å². The topological polar surface area (TPSA) is 43.8 Å². The molecule has 288 valence electrons. The smallest absolute Gasteiger partial charge is 0.222 e. The van der Waals surface area contributed by atoms with Crippen LogP contribution in [0.1, 0.15) is 233 Å². The van der Waals surface area contributed by atoms with Gasteiger partial charge in [0.1, 0.15) is 0 Å². The normalized spacial score (nSPS) is 11.7. The number of carbonyl (C=O) groups excluding carboxylic acids is 1. The molecule has 0 unspecified atom stereocenters. The third-order valence-electron chi connectivity index (χ3n) is 10.8. The van der Waals surface area contributed by atoms with Gasteiger partial charge in [-0.3, -0.25) is 4.79 Å². The Balaban J connectivity index is 3.95. The first-order chi connectivity index (χ1) is 23.6. The van der Waals surface area contributed by atoms with E-state index < -0.39 is 0 Å². The lowest BCUT2D eigenvalue weighted by molar-refractivity contribution is -0.130. The molecule has 1 N–H and O–H groups in total. The maximum Gasteiger partial charge on any atom is 0.222 e. The predicted octanol–water partition coefficient (Wildman–Crippen LogP) is 13.3. The fourth-order valence-electron chi connectivity index (χ4n) is 7.40. The molecule has 0 bridgehead atoms. The SMILES string of the molecule is CCCCCCCCCN(C)C(=O)CCCCCCCN(CCO)CCCCCCCC(CCCCCCCC)CCCCCCCC. The third kappa shape index (κ3) is 33.9. The Hall–Kier alpha value is -0.610. The van der Waals surface area contributed by atoms with Gasteiger partial charge in [-0.15, -0.1) is 0 Å². The van der Waals surface area contributed by atoms with Crippen LogP contribution in [0.3, 0.4) is 0 Å². The summed E-state index contributed by atoms with van der Waals surface area (Å²) in [5.41, 5.74) is 0. The van der Waals surface area contributed by atoms with Crippen LogP contribution < -0.4 is 0 Å². The molecule has 0 saturated carbocycles. The average Bonchev–Trinajstić information content (AvgIpc) is 3.09. The molecule has 0 rings (SSSR count). The summed E-state index contributed by atoms with van der Waals surface area (Å²) in [6, 6.07) is 0. The number of hydrogen-bond acceptors (Lipinski definition) is 3. The molecule has 0 aromatic heterocycles. The van der Waals surface area contributed by atoms with Crippen LogP contribution >= 0.6 is 0 Å². The van der Waals surface area contributed by atoms with Gasteiger partial charge >= 0.3 is 0 Å². The first kappa shape index (κ1) is 47.4. The monoisotopic (exact) mass is 679 g/mol. The number of carbonyl (C=O) groups is 1. The Morgan fingerprint density at radius 1 is 0.438 bits per heavy atom. The Bertz CT molecular complexity index is 611. The average molecular weight is 679 g/mol. The lowest BCUT2D eigenvalue weighted by atomic mass is 9.89. The van der Waals surface area contributed by atoms with E-state index in [9.17, 15) is 9.90 Å². The summed E-state index contributed by atoms with van der Waals surface area (Å²) in [5, 5.41) is 9.60. The van der Waals surface area contributed by atoms with Crippen molar-refractivity contribution in [3.05, 3.63) is 0 Å². The van der Waals surface area contributed by atoms with Gasteiger partial charge in [-0.1, -0.05) is 201 Å². The second-order valence-corrected chi connectivity index (χ2v) is 15.6. The van der Waals surface area contributed by atoms with Crippen molar-refractivity contribution in [1.29, 1.82) is 0 Å². The molecule has 0 aromatic carbocycles. The Kier molecular flexibility index (Phi) is 38.7. The van der Waals surface area contributed by atoms with Gasteiger partial charge in [0.05, 0.1) is 6.61 Å². The highest BCUT2D eigenvalue weighted by molar-refractivity contribution is 5.75. The number of amides is 1. The minimum Gasteiger partial charge on any atom is -0.395 e. The maximum atomic E-state index is 12.5. The van der Waals surface area contributed by atoms with Crippen LogP contribution in [0.5, 0.6) is 0 Å². The highest BCUT2D eigenvalue weighted by Gasteiger charge is 2.10. The van der Waals surface area contributed by atoms with Crippen molar-refractivity contribution in [2.45, 2.75) is 233 Å². The molecule has 0 fully saturated rings. The van der Waals surface area contributed by atoms with Crippen LogP contribution in [0.15, 0.2) is 0 Å². The van der Waals surface area contributed by atoms with E-state index >= 15 is 0 Å². The quantitative estimate of drug-likeness (QED) is 0.0656. The zero-order valence-electron chi connectivity index (χ0n) is 33.7. The zero-order chi connectivity index (χ0) is 35.2. The molecule has 0 saturated heterocycles. The standard InChI is InChI=1S/C44H90N2O2/c1-5-8-11-14-17-24-31-38-45(4)44(48)37-30-23-19-26-33-40-46(41-42-47)39-32-25-18-22-29-36-43(34-27-20-15-12-9-6-2)35-28-21-16-13-10-7-3/h43,47H,5-42H2,1-4H3. The van der Waals surface area contributed by atoms with E-state index in [0.717, 1.165) is 51.4 Å². The largest absolute Gasteiger partial charge is 0.395 e. The van der Waals surface area contributed by atoms with Crippen LogP contribution in [0.4, 0.5) is 0 Å². The molecule has 0 aliphatic heterocycles. The lowest BCUT2D eigenvalue weighted by Gasteiger charge is -2.21. The fraction of sp³-hybridized carbons (Fsp3) is 0.977. The molecule has 0 radical (unpaired) electrons. The summed E-state index contributed by atoms with van der Waals surface area (Å²) in [7, 11) is 1.99. The van der Waals surface area contributed by atoms with Crippen molar-refractivity contribution in [2.24, 2.45) is 5.92 Å². The molecule has 0 aliphatic carbocycles. The van der Waals surface area contributed by atoms with E-state index in [1.807, 2.05) is 11.9 Å². The number of hydrogen-bond donors (Lipinski definition) is 1. The first-order valence-electron chi connectivity index (χ1n) is 22.2. The van der Waals surface area contributed by atoms with Crippen LogP contribution in [-0.2, 0) is 4.79 Å². The lowest BCUT2D eigenvalue weighted by Crippen LogP contribution is -2.29. The van der Waals surface area contributed by atoms with Crippen molar-refractivity contribution in [2.75, 3.05) is 39.8 Å². The molecule has 1 amide bonds. The molecule has 4 nitrogen and oxygen atoms in total. The van der Waals surface area contributed by atoms with Gasteiger partial charge < -0.3 is 14.9 Å². The highest BCUT2D eigenvalue weighted by Crippen LogP contribution is 2.25. The van der Waals surface area contributed by atoms with Gasteiger partial charge in [0.15, 0.2) is 0 Å². The highest BCUT2D eigenvalue weighted by atomic mass is 16.3. The molecular formula is C44H90N2O2. The van der Waals surface area contributed by atoms with Gasteiger partial charge in [0.25, 0.3) is 0 Å². The summed E-state index contributed by atoms with van der Waals surface area (Å²) in [6.45, 7) is 11.2. The van der Waals surface area contributed by atoms with Crippen LogP contribution in [0.2, 0.25) is 0 Å². The van der Waals surface area contributed by atoms with Gasteiger partial charge in [-0.25, -0.2) is 0 Å². The molecule has 48 heavy (non-hydrogen) atoms. The van der Waals surface area contributed by atoms with Crippen molar-refractivity contribution in [1.82, 2.24) is 9.80 Å². The summed E-state index contributed by atoms with van der Waals surface area (Å²) in [5.74, 6) is 1.31. The Morgan fingerprint density at radius 2 is 0.771 bits per heavy atom. The Morgan fingerprint density at radius 3 is 1.17 bits per heavy atom. The predicted molar refractivity (Wildman–Crippen MR) is 214 cm³/mol. The Labute approximate surface area is 303 Å². The second kappa shape index (κ2) is 39.2. The molecular weight excluding hydrogens is 588 g/mol. The van der Waals surface area contributed by atoms with Crippen LogP contribution in [0.25, 0.3) is 0 Å². The molecule has 4 heteroatoms. The number of aliphatic hydroxyl groups excluding tert-OH is 1. The molecule has 0 aliphatic rings. The minimum atomic E-state index is 0.271. The summed E-state index contributed by atoms with van der Waals surface area (Å²) in [4.78, 5) is 16.9.